The number of hydrogen-bond acceptors (Lipinski definition) is 5. The number of ether oxygens (including phenoxy) is 2. The summed E-state index contributed by atoms with van der Waals surface area (Å²) in [6.45, 7) is 5.40. The van der Waals surface area contributed by atoms with Gasteiger partial charge in [0.25, 0.3) is 0 Å². The van der Waals surface area contributed by atoms with Gasteiger partial charge in [0.1, 0.15) is 6.04 Å². The summed E-state index contributed by atoms with van der Waals surface area (Å²) in [5, 5.41) is 2.89. The molecule has 1 N–H and O–H groups in total. The Morgan fingerprint density at radius 1 is 1.00 bits per heavy atom. The summed E-state index contributed by atoms with van der Waals surface area (Å²) < 4.78 is 36.5. The van der Waals surface area contributed by atoms with Gasteiger partial charge in [-0.25, -0.2) is 8.42 Å². The Labute approximate surface area is 172 Å². The lowest BCUT2D eigenvalue weighted by Crippen LogP contribution is -2.48. The molecule has 0 unspecified atom stereocenters. The first-order valence-corrected chi connectivity index (χ1v) is 11.0. The van der Waals surface area contributed by atoms with E-state index in [1.54, 1.807) is 19.1 Å². The number of aryl methyl sites for hydroxylation is 1. The topological polar surface area (TPSA) is 84.9 Å². The molecule has 2 rings (SSSR count). The smallest absolute Gasteiger partial charge is 0.244 e. The van der Waals surface area contributed by atoms with E-state index in [1.807, 2.05) is 38.1 Å². The number of amides is 1. The summed E-state index contributed by atoms with van der Waals surface area (Å²) in [5.41, 5.74) is 2.38. The lowest BCUT2D eigenvalue weighted by atomic mass is 10.1. The molecule has 0 aromatic heterocycles. The van der Waals surface area contributed by atoms with Crippen LogP contribution < -0.4 is 19.1 Å². The van der Waals surface area contributed by atoms with Crippen LogP contribution in [0, 0.1) is 6.92 Å². The van der Waals surface area contributed by atoms with Crippen LogP contribution in [-0.2, 0) is 14.8 Å². The Bertz CT molecular complexity index is 958. The number of rotatable bonds is 8. The SMILES string of the molecule is COc1ccc(N([C@@H](C)C(=O)N[C@H](C)c2ccc(C)cc2)S(C)(=O)=O)cc1OC. The zero-order chi connectivity index (χ0) is 21.8. The van der Waals surface area contributed by atoms with Crippen LogP contribution in [0.25, 0.3) is 0 Å². The van der Waals surface area contributed by atoms with Gasteiger partial charge in [-0.1, -0.05) is 29.8 Å². The highest BCUT2D eigenvalue weighted by Gasteiger charge is 2.30. The average Bonchev–Trinajstić information content (AvgIpc) is 2.67. The molecule has 0 aliphatic rings. The van der Waals surface area contributed by atoms with E-state index >= 15 is 0 Å². The van der Waals surface area contributed by atoms with Gasteiger partial charge in [-0.05, 0) is 38.5 Å². The molecule has 2 atom stereocenters. The fourth-order valence-electron chi connectivity index (χ4n) is 3.04. The van der Waals surface area contributed by atoms with Gasteiger partial charge in [-0.15, -0.1) is 0 Å². The number of methoxy groups -OCH3 is 2. The van der Waals surface area contributed by atoms with Crippen molar-refractivity contribution in [3.8, 4) is 11.5 Å². The van der Waals surface area contributed by atoms with E-state index in [0.29, 0.717) is 17.2 Å². The molecular weight excluding hydrogens is 392 g/mol. The Hall–Kier alpha value is -2.74. The van der Waals surface area contributed by atoms with Gasteiger partial charge >= 0.3 is 0 Å². The number of benzene rings is 2. The number of anilines is 1. The molecule has 0 spiro atoms. The van der Waals surface area contributed by atoms with Crippen molar-refractivity contribution in [1.29, 1.82) is 0 Å². The first kappa shape index (κ1) is 22.5. The molecule has 0 radical (unpaired) electrons. The third-order valence-corrected chi connectivity index (χ3v) is 5.89. The van der Waals surface area contributed by atoms with Crippen LogP contribution in [0.1, 0.15) is 31.0 Å². The Morgan fingerprint density at radius 3 is 2.10 bits per heavy atom. The number of nitrogens with one attached hydrogen (secondary N) is 1. The van der Waals surface area contributed by atoms with Gasteiger partial charge in [0.2, 0.25) is 15.9 Å². The van der Waals surface area contributed by atoms with E-state index in [0.717, 1.165) is 21.7 Å². The van der Waals surface area contributed by atoms with Gasteiger partial charge in [0, 0.05) is 6.07 Å². The summed E-state index contributed by atoms with van der Waals surface area (Å²) >= 11 is 0. The summed E-state index contributed by atoms with van der Waals surface area (Å²) in [5.74, 6) is 0.437. The van der Waals surface area contributed by atoms with Crippen LogP contribution in [0.5, 0.6) is 11.5 Å². The molecule has 2 aromatic rings. The summed E-state index contributed by atoms with van der Waals surface area (Å²) in [7, 11) is -0.778. The third kappa shape index (κ3) is 5.41. The first-order valence-electron chi connectivity index (χ1n) is 9.16. The summed E-state index contributed by atoms with van der Waals surface area (Å²) in [6.07, 6.45) is 1.07. The predicted molar refractivity (Wildman–Crippen MR) is 114 cm³/mol. The number of hydrogen-bond donors (Lipinski definition) is 1. The van der Waals surface area contributed by atoms with Crippen molar-refractivity contribution in [3.63, 3.8) is 0 Å². The van der Waals surface area contributed by atoms with Crippen molar-refractivity contribution >= 4 is 21.6 Å². The number of carbonyl (C=O) groups excluding carboxylic acids is 1. The second kappa shape index (κ2) is 9.17. The molecule has 0 saturated heterocycles. The first-order chi connectivity index (χ1) is 13.6. The second-order valence-electron chi connectivity index (χ2n) is 6.92. The summed E-state index contributed by atoms with van der Waals surface area (Å²) in [4.78, 5) is 12.9. The molecule has 29 heavy (non-hydrogen) atoms. The van der Waals surface area contributed by atoms with Gasteiger partial charge in [0.05, 0.1) is 32.2 Å². The molecule has 0 saturated carbocycles. The highest BCUT2D eigenvalue weighted by molar-refractivity contribution is 7.92. The monoisotopic (exact) mass is 420 g/mol. The lowest BCUT2D eigenvalue weighted by Gasteiger charge is -2.29. The van der Waals surface area contributed by atoms with Crippen LogP contribution in [0.2, 0.25) is 0 Å². The maximum atomic E-state index is 12.9. The van der Waals surface area contributed by atoms with Gasteiger partial charge in [-0.3, -0.25) is 9.10 Å². The quantitative estimate of drug-likeness (QED) is 0.710. The van der Waals surface area contributed by atoms with Crippen LogP contribution >= 0.6 is 0 Å². The van der Waals surface area contributed by atoms with Gasteiger partial charge < -0.3 is 14.8 Å². The zero-order valence-electron chi connectivity index (χ0n) is 17.6. The molecule has 0 aliphatic carbocycles. The van der Waals surface area contributed by atoms with E-state index in [-0.39, 0.29) is 6.04 Å². The van der Waals surface area contributed by atoms with E-state index in [2.05, 4.69) is 5.32 Å². The van der Waals surface area contributed by atoms with Gasteiger partial charge in [0.15, 0.2) is 11.5 Å². The van der Waals surface area contributed by atoms with Crippen LogP contribution in [0.4, 0.5) is 5.69 Å². The number of nitrogens with zero attached hydrogens (tertiary/aromatic N) is 1. The predicted octanol–water partition coefficient (Wildman–Crippen LogP) is 3.04. The molecule has 0 fully saturated rings. The Kier molecular flexibility index (Phi) is 7.13. The van der Waals surface area contributed by atoms with Crippen LogP contribution in [0.15, 0.2) is 42.5 Å². The Morgan fingerprint density at radius 2 is 1.59 bits per heavy atom. The minimum Gasteiger partial charge on any atom is -0.493 e. The normalized spacial score (nSPS) is 13.3. The van der Waals surface area contributed by atoms with Crippen molar-refractivity contribution < 1.29 is 22.7 Å². The van der Waals surface area contributed by atoms with Crippen LogP contribution in [0.3, 0.4) is 0 Å². The zero-order valence-corrected chi connectivity index (χ0v) is 18.4. The van der Waals surface area contributed by atoms with Crippen LogP contribution in [-0.4, -0.2) is 40.8 Å². The largest absolute Gasteiger partial charge is 0.493 e. The Balaban J connectivity index is 2.30. The molecule has 158 valence electrons. The fraction of sp³-hybridized carbons (Fsp3) is 0.381. The second-order valence-corrected chi connectivity index (χ2v) is 8.77. The standard InChI is InChI=1S/C21H28N2O5S/c1-14-7-9-17(10-8-14)15(2)22-21(24)16(3)23(29(6,25)26)18-11-12-19(27-4)20(13-18)28-5/h7-13,15-16H,1-6H3,(H,22,24)/t15-,16+/m1/s1. The molecule has 0 heterocycles. The minimum atomic E-state index is -3.74. The van der Waals surface area contributed by atoms with E-state index in [9.17, 15) is 13.2 Å². The fourth-order valence-corrected chi connectivity index (χ4v) is 4.21. The van der Waals surface area contributed by atoms with E-state index in [4.69, 9.17) is 9.47 Å². The highest BCUT2D eigenvalue weighted by Crippen LogP contribution is 2.33. The number of sulfonamides is 1. The van der Waals surface area contributed by atoms with Gasteiger partial charge in [-0.2, -0.15) is 0 Å². The van der Waals surface area contributed by atoms with E-state index < -0.39 is 22.0 Å². The maximum absolute atomic E-state index is 12.9. The third-order valence-electron chi connectivity index (χ3n) is 4.65. The van der Waals surface area contributed by atoms with Crippen molar-refractivity contribution in [2.24, 2.45) is 0 Å². The average molecular weight is 421 g/mol. The molecule has 0 bridgehead atoms. The molecule has 7 nitrogen and oxygen atoms in total. The molecular formula is C21H28N2O5S. The maximum Gasteiger partial charge on any atom is 0.244 e. The molecule has 2 aromatic carbocycles. The van der Waals surface area contributed by atoms with Crippen molar-refractivity contribution in [1.82, 2.24) is 5.32 Å². The molecule has 1 amide bonds. The van der Waals surface area contributed by atoms with Crippen molar-refractivity contribution in [2.45, 2.75) is 32.9 Å². The minimum absolute atomic E-state index is 0.266. The molecule has 0 aliphatic heterocycles. The van der Waals surface area contributed by atoms with Crippen molar-refractivity contribution in [2.75, 3.05) is 24.8 Å². The lowest BCUT2D eigenvalue weighted by molar-refractivity contribution is -0.122. The number of carbonyl (C=O) groups is 1. The summed E-state index contributed by atoms with van der Waals surface area (Å²) in [6, 6.07) is 11.3. The van der Waals surface area contributed by atoms with Crippen molar-refractivity contribution in [3.05, 3.63) is 53.6 Å². The molecule has 8 heteroatoms. The highest BCUT2D eigenvalue weighted by atomic mass is 32.2. The van der Waals surface area contributed by atoms with E-state index in [1.165, 1.54) is 20.3 Å².